The van der Waals surface area contributed by atoms with Crippen LogP contribution >= 0.6 is 0 Å². The molecule has 0 nitrogen and oxygen atoms in total. The van der Waals surface area contributed by atoms with E-state index in [0.717, 1.165) is 12.0 Å². The van der Waals surface area contributed by atoms with Crippen LogP contribution in [0.1, 0.15) is 17.5 Å². The Hall–Kier alpha value is -2.56. The molecule has 3 rings (SSSR count). The lowest BCUT2D eigenvalue weighted by Gasteiger charge is -2.07. The van der Waals surface area contributed by atoms with E-state index >= 15 is 0 Å². The van der Waals surface area contributed by atoms with E-state index in [2.05, 4.69) is 78.6 Å². The Morgan fingerprint density at radius 2 is 1.35 bits per heavy atom. The fraction of sp³-hybridized carbons (Fsp3) is 0.0500. The molecule has 0 heterocycles. The van der Waals surface area contributed by atoms with Gasteiger partial charge in [-0.15, -0.1) is 5.73 Å². The highest BCUT2D eigenvalue weighted by Crippen LogP contribution is 2.23. The summed E-state index contributed by atoms with van der Waals surface area (Å²) in [4.78, 5) is 0. The van der Waals surface area contributed by atoms with Crippen LogP contribution in [0.3, 0.4) is 0 Å². The molecule has 0 aromatic heterocycles. The Morgan fingerprint density at radius 1 is 0.750 bits per heavy atom. The predicted molar refractivity (Wildman–Crippen MR) is 85.3 cm³/mol. The maximum absolute atomic E-state index is 3.58. The molecule has 2 aromatic carbocycles. The van der Waals surface area contributed by atoms with Crippen molar-refractivity contribution in [1.29, 1.82) is 0 Å². The molecule has 0 saturated carbocycles. The summed E-state index contributed by atoms with van der Waals surface area (Å²) in [5.74, 6) is 0. The van der Waals surface area contributed by atoms with Crippen LogP contribution in [-0.4, -0.2) is 0 Å². The first kappa shape index (κ1) is 12.5. The van der Waals surface area contributed by atoms with Gasteiger partial charge in [0.15, 0.2) is 0 Å². The van der Waals surface area contributed by atoms with Crippen molar-refractivity contribution in [1.82, 2.24) is 0 Å². The Bertz CT molecular complexity index is 653. The molecule has 1 aliphatic rings. The maximum atomic E-state index is 3.58. The summed E-state index contributed by atoms with van der Waals surface area (Å²) >= 11 is 0. The standard InChI is InChI=1S/C20H16/c1-4-10-17(11-5-1)16-20(18-12-6-2-7-13-18)19-14-8-3-9-15-19/h1-10,12-15H,11H2. The van der Waals surface area contributed by atoms with Crippen molar-refractivity contribution in [2.24, 2.45) is 0 Å². The topological polar surface area (TPSA) is 0 Å². The van der Waals surface area contributed by atoms with E-state index < -0.39 is 0 Å². The maximum Gasteiger partial charge on any atom is 0.0312 e. The molecule has 0 atom stereocenters. The van der Waals surface area contributed by atoms with Crippen LogP contribution < -0.4 is 0 Å². The van der Waals surface area contributed by atoms with Gasteiger partial charge in [0.05, 0.1) is 0 Å². The molecule has 0 fully saturated rings. The van der Waals surface area contributed by atoms with Gasteiger partial charge in [-0.2, -0.15) is 0 Å². The van der Waals surface area contributed by atoms with Crippen LogP contribution in [0.4, 0.5) is 0 Å². The highest BCUT2D eigenvalue weighted by Gasteiger charge is 2.04. The van der Waals surface area contributed by atoms with Crippen LogP contribution in [0, 0.1) is 0 Å². The van der Waals surface area contributed by atoms with Crippen LogP contribution in [-0.2, 0) is 0 Å². The van der Waals surface area contributed by atoms with Gasteiger partial charge in [0.2, 0.25) is 0 Å². The zero-order chi connectivity index (χ0) is 13.6. The van der Waals surface area contributed by atoms with Crippen LogP contribution in [0.15, 0.2) is 96.3 Å². The van der Waals surface area contributed by atoms with E-state index in [0.29, 0.717) is 0 Å². The van der Waals surface area contributed by atoms with Crippen LogP contribution in [0.25, 0.3) is 5.57 Å². The molecule has 0 aliphatic heterocycles. The summed E-state index contributed by atoms with van der Waals surface area (Å²) in [6.45, 7) is 0. The van der Waals surface area contributed by atoms with Gasteiger partial charge in [-0.25, -0.2) is 0 Å². The van der Waals surface area contributed by atoms with Gasteiger partial charge in [0, 0.05) is 5.57 Å². The minimum absolute atomic E-state index is 0.944. The molecule has 0 N–H and O–H groups in total. The second-order valence-electron chi connectivity index (χ2n) is 4.75. The molecular weight excluding hydrogens is 240 g/mol. The van der Waals surface area contributed by atoms with Crippen LogP contribution in [0.5, 0.6) is 0 Å². The van der Waals surface area contributed by atoms with E-state index in [9.17, 15) is 0 Å². The second-order valence-corrected chi connectivity index (χ2v) is 4.75. The van der Waals surface area contributed by atoms with Crippen molar-refractivity contribution in [2.45, 2.75) is 6.42 Å². The Morgan fingerprint density at radius 3 is 1.85 bits per heavy atom. The van der Waals surface area contributed by atoms with E-state index in [-0.39, 0.29) is 0 Å². The summed E-state index contributed by atoms with van der Waals surface area (Å²) in [7, 11) is 0. The van der Waals surface area contributed by atoms with E-state index in [1.165, 1.54) is 16.7 Å². The second kappa shape index (κ2) is 6.06. The van der Waals surface area contributed by atoms with Gasteiger partial charge in [-0.3, -0.25) is 0 Å². The average molecular weight is 256 g/mol. The highest BCUT2D eigenvalue weighted by atomic mass is 14.1. The van der Waals surface area contributed by atoms with Gasteiger partial charge in [0.1, 0.15) is 0 Å². The third-order valence-corrected chi connectivity index (χ3v) is 3.29. The largest absolute Gasteiger partial charge is 0.108 e. The normalized spacial score (nSPS) is 13.1. The molecule has 20 heavy (non-hydrogen) atoms. The summed E-state index contributed by atoms with van der Waals surface area (Å²) in [6, 6.07) is 20.9. The fourth-order valence-electron chi connectivity index (χ4n) is 2.29. The zero-order valence-electron chi connectivity index (χ0n) is 11.3. The first-order chi connectivity index (χ1) is 9.93. The van der Waals surface area contributed by atoms with Crippen LogP contribution in [0.2, 0.25) is 0 Å². The lowest BCUT2D eigenvalue weighted by Crippen LogP contribution is -1.87. The molecule has 96 valence electrons. The van der Waals surface area contributed by atoms with Crippen molar-refractivity contribution in [3.63, 3.8) is 0 Å². The quantitative estimate of drug-likeness (QED) is 0.651. The lowest BCUT2D eigenvalue weighted by atomic mass is 9.97. The molecule has 0 heteroatoms. The number of allylic oxidation sites excluding steroid dienone is 5. The third-order valence-electron chi connectivity index (χ3n) is 3.29. The zero-order valence-corrected chi connectivity index (χ0v) is 11.3. The molecule has 0 radical (unpaired) electrons. The van der Waals surface area contributed by atoms with Gasteiger partial charge in [-0.1, -0.05) is 85.0 Å². The van der Waals surface area contributed by atoms with Crippen molar-refractivity contribution in [3.8, 4) is 0 Å². The highest BCUT2D eigenvalue weighted by molar-refractivity contribution is 5.79. The van der Waals surface area contributed by atoms with Crippen molar-refractivity contribution in [3.05, 3.63) is 107 Å². The molecule has 0 amide bonds. The van der Waals surface area contributed by atoms with Gasteiger partial charge in [0.25, 0.3) is 0 Å². The van der Waals surface area contributed by atoms with E-state index in [1.807, 2.05) is 12.1 Å². The third kappa shape index (κ3) is 2.88. The number of rotatable bonds is 2. The first-order valence-corrected chi connectivity index (χ1v) is 6.87. The lowest BCUT2D eigenvalue weighted by molar-refractivity contribution is 1.27. The smallest absolute Gasteiger partial charge is 0.0312 e. The molecule has 0 saturated heterocycles. The molecular formula is C20H16. The molecule has 0 spiro atoms. The predicted octanol–water partition coefficient (Wildman–Crippen LogP) is 5.16. The Labute approximate surface area is 120 Å². The van der Waals surface area contributed by atoms with Gasteiger partial charge in [-0.05, 0) is 23.1 Å². The minimum Gasteiger partial charge on any atom is -0.108 e. The molecule has 2 aromatic rings. The van der Waals surface area contributed by atoms with E-state index in [4.69, 9.17) is 0 Å². The van der Waals surface area contributed by atoms with Gasteiger partial charge >= 0.3 is 0 Å². The Kier molecular flexibility index (Phi) is 3.78. The number of hydrogen-bond acceptors (Lipinski definition) is 0. The number of hydrogen-bond donors (Lipinski definition) is 0. The molecule has 0 unspecified atom stereocenters. The number of benzene rings is 2. The summed E-state index contributed by atoms with van der Waals surface area (Å²) in [6.07, 6.45) is 9.39. The fourth-order valence-corrected chi connectivity index (χ4v) is 2.29. The van der Waals surface area contributed by atoms with E-state index in [1.54, 1.807) is 0 Å². The van der Waals surface area contributed by atoms with Crippen molar-refractivity contribution >= 4 is 5.57 Å². The summed E-state index contributed by atoms with van der Waals surface area (Å²) < 4.78 is 0. The van der Waals surface area contributed by atoms with Gasteiger partial charge < -0.3 is 0 Å². The summed E-state index contributed by atoms with van der Waals surface area (Å²) in [5.41, 5.74) is 8.36. The average Bonchev–Trinajstić information content (AvgIpc) is 2.55. The summed E-state index contributed by atoms with van der Waals surface area (Å²) in [5, 5.41) is 0. The molecule has 1 aliphatic carbocycles. The Balaban J connectivity index is 2.17. The minimum atomic E-state index is 0.944. The van der Waals surface area contributed by atoms with Crippen molar-refractivity contribution in [2.75, 3.05) is 0 Å². The van der Waals surface area contributed by atoms with Crippen molar-refractivity contribution < 1.29 is 0 Å². The SMILES string of the molecule is C(=C1C=CC=CC1)=C(c1ccccc1)c1ccccc1. The monoisotopic (exact) mass is 256 g/mol. The first-order valence-electron chi connectivity index (χ1n) is 6.87. The molecule has 0 bridgehead atoms.